The van der Waals surface area contributed by atoms with Gasteiger partial charge in [0.15, 0.2) is 0 Å². The fourth-order valence-electron chi connectivity index (χ4n) is 3.36. The molecule has 0 radical (unpaired) electrons. The van der Waals surface area contributed by atoms with Gasteiger partial charge in [0.05, 0.1) is 12.2 Å². The van der Waals surface area contributed by atoms with Crippen molar-refractivity contribution in [3.8, 4) is 0 Å². The van der Waals surface area contributed by atoms with Crippen molar-refractivity contribution < 1.29 is 9.90 Å². The molecule has 1 aliphatic rings. The number of hydrogen-bond donors (Lipinski definition) is 1. The number of amides is 1. The number of aliphatic hydroxyl groups excluding tert-OH is 1. The second kappa shape index (κ2) is 8.86. The molecule has 0 saturated carbocycles. The Morgan fingerprint density at radius 3 is 2.96 bits per heavy atom. The molecule has 140 valence electrons. The van der Waals surface area contributed by atoms with E-state index in [4.69, 9.17) is 0 Å². The summed E-state index contributed by atoms with van der Waals surface area (Å²) in [7, 11) is 0. The van der Waals surface area contributed by atoms with Crippen molar-refractivity contribution in [3.63, 3.8) is 0 Å². The Bertz CT molecular complexity index is 705. The highest BCUT2D eigenvalue weighted by molar-refractivity contribution is 5.76. The Morgan fingerprint density at radius 2 is 2.23 bits per heavy atom. The van der Waals surface area contributed by atoms with E-state index in [0.717, 1.165) is 24.5 Å². The minimum absolute atomic E-state index is 0.114. The number of hydrogen-bond acceptors (Lipinski definition) is 6. The Labute approximate surface area is 153 Å². The van der Waals surface area contributed by atoms with Crippen molar-refractivity contribution in [2.24, 2.45) is 0 Å². The topological polar surface area (TPSA) is 87.4 Å². The van der Waals surface area contributed by atoms with E-state index in [1.807, 2.05) is 30.0 Å². The molecule has 3 heterocycles. The number of nitrogens with zero attached hydrogens (tertiary/aromatic N) is 6. The normalized spacial score (nSPS) is 18.2. The number of carbonyl (C=O) groups excluding carboxylic acids is 1. The van der Waals surface area contributed by atoms with Crippen molar-refractivity contribution >= 4 is 5.91 Å². The van der Waals surface area contributed by atoms with E-state index in [-0.39, 0.29) is 18.6 Å². The number of pyridine rings is 1. The minimum Gasteiger partial charge on any atom is -0.396 e. The summed E-state index contributed by atoms with van der Waals surface area (Å²) in [5.74, 6) is 0.122. The van der Waals surface area contributed by atoms with Crippen LogP contribution in [0.1, 0.15) is 24.2 Å². The Balaban J connectivity index is 1.57. The Kier molecular flexibility index (Phi) is 6.30. The van der Waals surface area contributed by atoms with Crippen LogP contribution < -0.4 is 0 Å². The highest BCUT2D eigenvalue weighted by Gasteiger charge is 2.29. The van der Waals surface area contributed by atoms with Crippen LogP contribution in [0.25, 0.3) is 0 Å². The predicted molar refractivity (Wildman–Crippen MR) is 96.1 cm³/mol. The minimum atomic E-state index is 0.114. The van der Waals surface area contributed by atoms with Gasteiger partial charge in [0.1, 0.15) is 12.7 Å². The second-order valence-electron chi connectivity index (χ2n) is 6.66. The molecule has 26 heavy (non-hydrogen) atoms. The van der Waals surface area contributed by atoms with Crippen LogP contribution in [0.15, 0.2) is 30.9 Å². The fourth-order valence-corrected chi connectivity index (χ4v) is 3.36. The number of carbonyl (C=O) groups is 1. The van der Waals surface area contributed by atoms with Gasteiger partial charge in [0.2, 0.25) is 5.91 Å². The lowest BCUT2D eigenvalue weighted by atomic mass is 10.1. The van der Waals surface area contributed by atoms with Crippen molar-refractivity contribution in [2.75, 3.05) is 26.2 Å². The number of piperazine rings is 1. The van der Waals surface area contributed by atoms with Gasteiger partial charge in [-0.1, -0.05) is 6.07 Å². The molecule has 2 aromatic rings. The third-order valence-electron chi connectivity index (χ3n) is 4.75. The summed E-state index contributed by atoms with van der Waals surface area (Å²) in [6, 6.07) is 6.17. The first-order chi connectivity index (χ1) is 12.7. The highest BCUT2D eigenvalue weighted by atomic mass is 16.3. The maximum atomic E-state index is 12.5. The van der Waals surface area contributed by atoms with Crippen LogP contribution in [0.2, 0.25) is 0 Å². The molecule has 0 spiro atoms. The third-order valence-corrected chi connectivity index (χ3v) is 4.75. The summed E-state index contributed by atoms with van der Waals surface area (Å²) in [5.41, 5.74) is 2.03. The Hall–Kier alpha value is -2.32. The van der Waals surface area contributed by atoms with E-state index in [9.17, 15) is 9.90 Å². The molecule has 2 aromatic heterocycles. The van der Waals surface area contributed by atoms with Crippen molar-refractivity contribution in [2.45, 2.75) is 38.9 Å². The summed E-state index contributed by atoms with van der Waals surface area (Å²) in [6.45, 7) is 5.51. The maximum absolute atomic E-state index is 12.5. The molecule has 1 aliphatic heterocycles. The number of rotatable bonds is 7. The van der Waals surface area contributed by atoms with E-state index in [1.54, 1.807) is 11.0 Å². The second-order valence-corrected chi connectivity index (χ2v) is 6.66. The summed E-state index contributed by atoms with van der Waals surface area (Å²) >= 11 is 0. The first kappa shape index (κ1) is 18.5. The number of aryl methyl sites for hydroxylation is 2. The van der Waals surface area contributed by atoms with Gasteiger partial charge >= 0.3 is 0 Å². The highest BCUT2D eigenvalue weighted by Crippen LogP contribution is 2.17. The molecule has 1 atom stereocenters. The fraction of sp³-hybridized carbons (Fsp3) is 0.556. The molecule has 0 aromatic carbocycles. The molecule has 1 N–H and O–H groups in total. The molecule has 1 saturated heterocycles. The zero-order chi connectivity index (χ0) is 18.4. The van der Waals surface area contributed by atoms with Gasteiger partial charge in [-0.25, -0.2) is 4.98 Å². The van der Waals surface area contributed by atoms with Crippen LogP contribution in [0.4, 0.5) is 0 Å². The summed E-state index contributed by atoms with van der Waals surface area (Å²) in [6.07, 6.45) is 4.15. The first-order valence-electron chi connectivity index (χ1n) is 9.03. The van der Waals surface area contributed by atoms with E-state index < -0.39 is 0 Å². The van der Waals surface area contributed by atoms with Crippen molar-refractivity contribution in [1.82, 2.24) is 29.5 Å². The van der Waals surface area contributed by atoms with Crippen molar-refractivity contribution in [3.05, 3.63) is 42.2 Å². The molecule has 3 rings (SSSR count). The lowest BCUT2D eigenvalue weighted by Crippen LogP contribution is -2.54. The van der Waals surface area contributed by atoms with Gasteiger partial charge in [-0.15, -0.1) is 0 Å². The van der Waals surface area contributed by atoms with Crippen LogP contribution in [0.5, 0.6) is 0 Å². The van der Waals surface area contributed by atoms with Gasteiger partial charge in [0.25, 0.3) is 0 Å². The Morgan fingerprint density at radius 1 is 1.35 bits per heavy atom. The quantitative estimate of drug-likeness (QED) is 0.774. The van der Waals surface area contributed by atoms with Gasteiger partial charge in [0, 0.05) is 50.9 Å². The molecule has 1 amide bonds. The van der Waals surface area contributed by atoms with Crippen LogP contribution in [0.3, 0.4) is 0 Å². The summed E-state index contributed by atoms with van der Waals surface area (Å²) in [5, 5.41) is 13.5. The smallest absolute Gasteiger partial charge is 0.224 e. The van der Waals surface area contributed by atoms with Crippen LogP contribution in [-0.4, -0.2) is 72.8 Å². The van der Waals surface area contributed by atoms with Gasteiger partial charge < -0.3 is 10.0 Å². The predicted octanol–water partition coefficient (Wildman–Crippen LogP) is 0.467. The van der Waals surface area contributed by atoms with E-state index in [2.05, 4.69) is 20.0 Å². The lowest BCUT2D eigenvalue weighted by molar-refractivity contribution is -0.134. The monoisotopic (exact) mass is 358 g/mol. The van der Waals surface area contributed by atoms with Gasteiger partial charge in [-0.3, -0.25) is 19.4 Å². The average molecular weight is 358 g/mol. The largest absolute Gasteiger partial charge is 0.396 e. The van der Waals surface area contributed by atoms with E-state index in [1.165, 1.54) is 6.33 Å². The van der Waals surface area contributed by atoms with Crippen molar-refractivity contribution in [1.29, 1.82) is 0 Å². The molecule has 8 heteroatoms. The molecular weight excluding hydrogens is 332 g/mol. The summed E-state index contributed by atoms with van der Waals surface area (Å²) in [4.78, 5) is 25.2. The van der Waals surface area contributed by atoms with Gasteiger partial charge in [-0.2, -0.15) is 5.10 Å². The lowest BCUT2D eigenvalue weighted by Gasteiger charge is -2.41. The van der Waals surface area contributed by atoms with Crippen LogP contribution in [-0.2, 0) is 17.9 Å². The van der Waals surface area contributed by atoms with Gasteiger partial charge in [-0.05, 0) is 25.5 Å². The molecule has 1 fully saturated rings. The maximum Gasteiger partial charge on any atom is 0.224 e. The molecule has 8 nitrogen and oxygen atoms in total. The molecule has 0 aliphatic carbocycles. The molecule has 0 bridgehead atoms. The third kappa shape index (κ3) is 4.86. The standard InChI is InChI=1S/C18H26N6O2/c1-15-3-2-4-16(21-15)11-22-8-9-23(12-17(22)6-10-25)18(26)5-7-24-14-19-13-20-24/h2-4,13-14,17,25H,5-12H2,1H3. The zero-order valence-electron chi connectivity index (χ0n) is 15.2. The average Bonchev–Trinajstić information content (AvgIpc) is 3.15. The van der Waals surface area contributed by atoms with Crippen LogP contribution >= 0.6 is 0 Å². The first-order valence-corrected chi connectivity index (χ1v) is 9.03. The van der Waals surface area contributed by atoms with E-state index >= 15 is 0 Å². The molecular formula is C18H26N6O2. The number of aliphatic hydroxyl groups is 1. The summed E-state index contributed by atoms with van der Waals surface area (Å²) < 4.78 is 1.67. The van der Waals surface area contributed by atoms with E-state index in [0.29, 0.717) is 32.5 Å². The molecule has 1 unspecified atom stereocenters. The zero-order valence-corrected chi connectivity index (χ0v) is 15.2. The van der Waals surface area contributed by atoms with Crippen LogP contribution in [0, 0.1) is 6.92 Å². The SMILES string of the molecule is Cc1cccc(CN2CCN(C(=O)CCn3cncn3)CC2CCO)n1. The number of aromatic nitrogens is 4.